The van der Waals surface area contributed by atoms with E-state index < -0.39 is 0 Å². The fourth-order valence-electron chi connectivity index (χ4n) is 2.18. The lowest BCUT2D eigenvalue weighted by Crippen LogP contribution is -2.31. The van der Waals surface area contributed by atoms with Crippen molar-refractivity contribution < 1.29 is 9.84 Å². The van der Waals surface area contributed by atoms with Gasteiger partial charge in [0.15, 0.2) is 0 Å². The van der Waals surface area contributed by atoms with Crippen LogP contribution in [0, 0.1) is 11.8 Å². The SMILES string of the molecule is CN(Cc1ccccc1C#CCO)C1CCOC1. The number of likely N-dealkylation sites (N-methyl/N-ethyl adjacent to an activating group) is 1. The molecule has 1 aliphatic heterocycles. The summed E-state index contributed by atoms with van der Waals surface area (Å²) in [5.74, 6) is 5.71. The summed E-state index contributed by atoms with van der Waals surface area (Å²) >= 11 is 0. The van der Waals surface area contributed by atoms with Crippen LogP contribution in [0.5, 0.6) is 0 Å². The first-order valence-corrected chi connectivity index (χ1v) is 6.27. The highest BCUT2D eigenvalue weighted by molar-refractivity contribution is 5.41. The zero-order chi connectivity index (χ0) is 12.8. The van der Waals surface area contributed by atoms with Crippen molar-refractivity contribution in [2.24, 2.45) is 0 Å². The van der Waals surface area contributed by atoms with E-state index in [9.17, 15) is 0 Å². The molecule has 1 heterocycles. The van der Waals surface area contributed by atoms with Gasteiger partial charge in [0, 0.05) is 24.8 Å². The normalized spacial score (nSPS) is 18.7. The second-order valence-corrected chi connectivity index (χ2v) is 4.55. The number of benzene rings is 1. The minimum atomic E-state index is -0.0966. The molecule has 1 aromatic rings. The van der Waals surface area contributed by atoms with Gasteiger partial charge in [-0.2, -0.15) is 0 Å². The predicted molar refractivity (Wildman–Crippen MR) is 71.1 cm³/mol. The van der Waals surface area contributed by atoms with Gasteiger partial charge in [-0.15, -0.1) is 0 Å². The predicted octanol–water partition coefficient (Wildman–Crippen LogP) is 1.25. The van der Waals surface area contributed by atoms with Crippen molar-refractivity contribution in [2.75, 3.05) is 26.9 Å². The molecule has 0 aromatic heterocycles. The first kappa shape index (κ1) is 13.1. The molecule has 3 nitrogen and oxygen atoms in total. The van der Waals surface area contributed by atoms with Crippen molar-refractivity contribution in [3.05, 3.63) is 35.4 Å². The second kappa shape index (κ2) is 6.55. The van der Waals surface area contributed by atoms with Crippen molar-refractivity contribution in [2.45, 2.75) is 19.0 Å². The average Bonchev–Trinajstić information content (AvgIpc) is 2.91. The summed E-state index contributed by atoms with van der Waals surface area (Å²) in [7, 11) is 2.12. The quantitative estimate of drug-likeness (QED) is 0.814. The van der Waals surface area contributed by atoms with Crippen molar-refractivity contribution in [3.63, 3.8) is 0 Å². The summed E-state index contributed by atoms with van der Waals surface area (Å²) in [6.45, 7) is 2.45. The third-order valence-electron chi connectivity index (χ3n) is 3.27. The highest BCUT2D eigenvalue weighted by atomic mass is 16.5. The van der Waals surface area contributed by atoms with Gasteiger partial charge >= 0.3 is 0 Å². The Morgan fingerprint density at radius 2 is 2.28 bits per heavy atom. The van der Waals surface area contributed by atoms with Crippen LogP contribution in [0.4, 0.5) is 0 Å². The van der Waals surface area contributed by atoms with Crippen LogP contribution in [0.25, 0.3) is 0 Å². The highest BCUT2D eigenvalue weighted by Gasteiger charge is 2.20. The van der Waals surface area contributed by atoms with Crippen molar-refractivity contribution in [3.8, 4) is 11.8 Å². The lowest BCUT2D eigenvalue weighted by Gasteiger charge is -2.23. The summed E-state index contributed by atoms with van der Waals surface area (Å²) in [5, 5.41) is 8.77. The van der Waals surface area contributed by atoms with Crippen LogP contribution in [0.3, 0.4) is 0 Å². The molecular formula is C15H19NO2. The third-order valence-corrected chi connectivity index (χ3v) is 3.27. The van der Waals surface area contributed by atoms with E-state index >= 15 is 0 Å². The molecule has 1 fully saturated rings. The summed E-state index contributed by atoms with van der Waals surface area (Å²) < 4.78 is 5.41. The third kappa shape index (κ3) is 3.33. The largest absolute Gasteiger partial charge is 0.384 e. The molecule has 0 radical (unpaired) electrons. The maximum Gasteiger partial charge on any atom is 0.104 e. The fraction of sp³-hybridized carbons (Fsp3) is 0.467. The molecule has 0 bridgehead atoms. The van der Waals surface area contributed by atoms with Crippen LogP contribution in [-0.2, 0) is 11.3 Å². The smallest absolute Gasteiger partial charge is 0.104 e. The van der Waals surface area contributed by atoms with Gasteiger partial charge in [0.05, 0.1) is 6.61 Å². The number of hydrogen-bond acceptors (Lipinski definition) is 3. The summed E-state index contributed by atoms with van der Waals surface area (Å²) in [5.41, 5.74) is 2.20. The van der Waals surface area contributed by atoms with Gasteiger partial charge in [0.2, 0.25) is 0 Å². The number of ether oxygens (including phenoxy) is 1. The Bertz CT molecular complexity index is 441. The van der Waals surface area contributed by atoms with E-state index in [1.807, 2.05) is 18.2 Å². The highest BCUT2D eigenvalue weighted by Crippen LogP contribution is 2.16. The fourth-order valence-corrected chi connectivity index (χ4v) is 2.18. The molecule has 1 unspecified atom stereocenters. The van der Waals surface area contributed by atoms with E-state index in [1.54, 1.807) is 0 Å². The molecule has 0 aliphatic carbocycles. The first-order valence-electron chi connectivity index (χ1n) is 6.27. The van der Waals surface area contributed by atoms with E-state index in [2.05, 4.69) is 29.9 Å². The number of nitrogens with zero attached hydrogens (tertiary/aromatic N) is 1. The Morgan fingerprint density at radius 3 is 3.00 bits per heavy atom. The van der Waals surface area contributed by atoms with Crippen LogP contribution in [-0.4, -0.2) is 42.9 Å². The topological polar surface area (TPSA) is 32.7 Å². The van der Waals surface area contributed by atoms with Crippen LogP contribution in [0.2, 0.25) is 0 Å². The zero-order valence-corrected chi connectivity index (χ0v) is 10.7. The van der Waals surface area contributed by atoms with Crippen LogP contribution >= 0.6 is 0 Å². The summed E-state index contributed by atoms with van der Waals surface area (Å²) in [6, 6.07) is 8.59. The molecule has 2 rings (SSSR count). The molecule has 1 atom stereocenters. The molecular weight excluding hydrogens is 226 g/mol. The molecule has 1 aromatic carbocycles. The molecule has 1 saturated heterocycles. The molecule has 0 saturated carbocycles. The minimum absolute atomic E-state index is 0.0966. The Hall–Kier alpha value is -1.34. The lowest BCUT2D eigenvalue weighted by molar-refractivity contribution is 0.156. The molecule has 96 valence electrons. The molecule has 3 heteroatoms. The number of aliphatic hydroxyl groups excluding tert-OH is 1. The molecule has 18 heavy (non-hydrogen) atoms. The summed E-state index contributed by atoms with van der Waals surface area (Å²) in [6.07, 6.45) is 1.10. The number of hydrogen-bond donors (Lipinski definition) is 1. The first-order chi connectivity index (χ1) is 8.81. The number of rotatable bonds is 3. The number of aliphatic hydroxyl groups is 1. The van der Waals surface area contributed by atoms with Gasteiger partial charge in [-0.3, -0.25) is 4.90 Å². The Kier molecular flexibility index (Phi) is 4.77. The lowest BCUT2D eigenvalue weighted by atomic mass is 10.1. The van der Waals surface area contributed by atoms with Gasteiger partial charge in [-0.25, -0.2) is 0 Å². The van der Waals surface area contributed by atoms with Crippen molar-refractivity contribution in [1.82, 2.24) is 4.90 Å². The Balaban J connectivity index is 2.07. The van der Waals surface area contributed by atoms with Crippen LogP contribution in [0.15, 0.2) is 24.3 Å². The van der Waals surface area contributed by atoms with Crippen LogP contribution < -0.4 is 0 Å². The monoisotopic (exact) mass is 245 g/mol. The molecule has 0 amide bonds. The molecule has 1 N–H and O–H groups in total. The van der Waals surface area contributed by atoms with Crippen LogP contribution in [0.1, 0.15) is 17.5 Å². The van der Waals surface area contributed by atoms with Crippen molar-refractivity contribution >= 4 is 0 Å². The molecule has 1 aliphatic rings. The molecule has 0 spiro atoms. The van der Waals surface area contributed by atoms with E-state index in [4.69, 9.17) is 9.84 Å². The van der Waals surface area contributed by atoms with Gasteiger partial charge in [0.1, 0.15) is 6.61 Å². The van der Waals surface area contributed by atoms with E-state index in [0.29, 0.717) is 6.04 Å². The standard InChI is InChI=1S/C15H19NO2/c1-16(15-8-10-18-12-15)11-14-6-3-2-5-13(14)7-4-9-17/h2-3,5-6,15,17H,8-12H2,1H3. The van der Waals surface area contributed by atoms with E-state index in [1.165, 1.54) is 5.56 Å². The van der Waals surface area contributed by atoms with E-state index in [0.717, 1.165) is 31.7 Å². The van der Waals surface area contributed by atoms with Crippen molar-refractivity contribution in [1.29, 1.82) is 0 Å². The maximum absolute atomic E-state index is 8.77. The maximum atomic E-state index is 8.77. The Morgan fingerprint density at radius 1 is 1.44 bits per heavy atom. The summed E-state index contributed by atoms with van der Waals surface area (Å²) in [4.78, 5) is 2.31. The van der Waals surface area contributed by atoms with Gasteiger partial charge in [-0.05, 0) is 25.1 Å². The second-order valence-electron chi connectivity index (χ2n) is 4.55. The van der Waals surface area contributed by atoms with Gasteiger partial charge < -0.3 is 9.84 Å². The average molecular weight is 245 g/mol. The minimum Gasteiger partial charge on any atom is -0.384 e. The van der Waals surface area contributed by atoms with Gasteiger partial charge in [-0.1, -0.05) is 30.0 Å². The zero-order valence-electron chi connectivity index (χ0n) is 10.7. The van der Waals surface area contributed by atoms with E-state index in [-0.39, 0.29) is 6.61 Å². The Labute approximate surface area is 108 Å². The van der Waals surface area contributed by atoms with Gasteiger partial charge in [0.25, 0.3) is 0 Å².